The summed E-state index contributed by atoms with van der Waals surface area (Å²) in [4.78, 5) is 72.3. The van der Waals surface area contributed by atoms with Crippen LogP contribution in [0.1, 0.15) is 67.3 Å². The molecular formula is C46H70F3N7O19S. The van der Waals surface area contributed by atoms with E-state index >= 15 is 0 Å². The second-order valence-corrected chi connectivity index (χ2v) is 19.3. The van der Waals surface area contributed by atoms with Crippen molar-refractivity contribution < 1.29 is 106 Å². The van der Waals surface area contributed by atoms with Crippen molar-refractivity contribution in [3.8, 4) is 5.75 Å². The number of ether oxygens (including phenoxy) is 5. The molecule has 5 amide bonds. The fourth-order valence-electron chi connectivity index (χ4n) is 8.03. The van der Waals surface area contributed by atoms with Gasteiger partial charge in [-0.2, -0.15) is 24.9 Å². The first-order chi connectivity index (χ1) is 36.3. The Balaban J connectivity index is 1.21. The van der Waals surface area contributed by atoms with Gasteiger partial charge in [0.2, 0.25) is 11.8 Å². The van der Waals surface area contributed by atoms with Crippen LogP contribution in [0.25, 0.3) is 0 Å². The topological polar surface area (TPSA) is 395 Å². The van der Waals surface area contributed by atoms with E-state index in [1.54, 1.807) is 0 Å². The number of hydrogen-bond donors (Lipinski definition) is 13. The van der Waals surface area contributed by atoms with Gasteiger partial charge in [0.1, 0.15) is 61.2 Å². The highest BCUT2D eigenvalue weighted by atomic mass is 32.2. The van der Waals surface area contributed by atoms with Gasteiger partial charge in [0, 0.05) is 42.5 Å². The number of alkyl halides is 3. The van der Waals surface area contributed by atoms with Crippen LogP contribution < -0.4 is 31.3 Å². The lowest BCUT2D eigenvalue weighted by atomic mass is 10.00. The molecule has 0 aliphatic carbocycles. The largest absolute Gasteiger partial charge is 0.490 e. The van der Waals surface area contributed by atoms with Crippen LogP contribution in [0.15, 0.2) is 28.4 Å². The zero-order chi connectivity index (χ0) is 55.8. The molecule has 76 heavy (non-hydrogen) atoms. The van der Waals surface area contributed by atoms with Crippen molar-refractivity contribution in [3.05, 3.63) is 29.3 Å². The molecule has 0 bridgehead atoms. The summed E-state index contributed by atoms with van der Waals surface area (Å²) in [5.41, 5.74) is -3.89. The number of nitrogens with zero attached hydrogens (tertiary/aromatic N) is 2. The molecule has 11 atom stereocenters. The smallest absolute Gasteiger partial charge is 0.442 e. The van der Waals surface area contributed by atoms with Gasteiger partial charge < -0.3 is 101 Å². The zero-order valence-electron chi connectivity index (χ0n) is 41.5. The maximum absolute atomic E-state index is 14.0. The number of nitrogens with one attached hydrogen (secondary N) is 5. The fraction of sp³-hybridized carbons (Fsp3) is 0.739. The van der Waals surface area contributed by atoms with Gasteiger partial charge in [0.25, 0.3) is 5.91 Å². The van der Waals surface area contributed by atoms with Crippen LogP contribution in [-0.2, 0) is 43.8 Å². The molecular weight excluding hydrogens is 1040 g/mol. The van der Waals surface area contributed by atoms with Crippen LogP contribution in [0.3, 0.4) is 0 Å². The van der Waals surface area contributed by atoms with Crippen molar-refractivity contribution in [2.75, 3.05) is 78.3 Å². The molecule has 3 aliphatic heterocycles. The first-order valence-electron chi connectivity index (χ1n) is 24.7. The minimum atomic E-state index is -4.98. The molecule has 0 aromatic heterocycles. The predicted molar refractivity (Wildman–Crippen MR) is 258 cm³/mol. The van der Waals surface area contributed by atoms with Crippen LogP contribution in [0.4, 0.5) is 18.0 Å². The van der Waals surface area contributed by atoms with Crippen molar-refractivity contribution in [2.45, 2.75) is 135 Å². The van der Waals surface area contributed by atoms with E-state index in [0.29, 0.717) is 31.1 Å². The number of aliphatic hydroxyl groups excluding tert-OH is 8. The van der Waals surface area contributed by atoms with E-state index in [2.05, 4.69) is 36.8 Å². The number of halogens is 3. The highest BCUT2D eigenvalue weighted by Gasteiger charge is 2.65. The molecule has 3 aliphatic rings. The summed E-state index contributed by atoms with van der Waals surface area (Å²) in [5, 5.41) is 101. The van der Waals surface area contributed by atoms with E-state index in [0.717, 1.165) is 56.1 Å². The van der Waals surface area contributed by atoms with E-state index in [9.17, 15) is 82.8 Å². The molecule has 0 unspecified atom stereocenters. The van der Waals surface area contributed by atoms with E-state index in [1.807, 2.05) is 11.8 Å². The van der Waals surface area contributed by atoms with Crippen molar-refractivity contribution in [2.24, 2.45) is 10.2 Å². The molecule has 1 aromatic rings. The second-order valence-electron chi connectivity index (χ2n) is 18.0. The van der Waals surface area contributed by atoms with Gasteiger partial charge in [-0.3, -0.25) is 14.4 Å². The summed E-state index contributed by atoms with van der Waals surface area (Å²) in [6, 6.07) is 1.39. The molecule has 3 heterocycles. The summed E-state index contributed by atoms with van der Waals surface area (Å²) in [6.45, 7) is -3.35. The number of aliphatic hydroxyl groups is 8. The second kappa shape index (κ2) is 32.3. The Morgan fingerprint density at radius 1 is 0.776 bits per heavy atom. The summed E-state index contributed by atoms with van der Waals surface area (Å²) >= 11 is 1.85. The number of fused-ring (bicyclic) bond motifs is 1. The summed E-state index contributed by atoms with van der Waals surface area (Å²) in [5.74, 6) is -0.836. The molecule has 0 saturated carbocycles. The van der Waals surface area contributed by atoms with Crippen LogP contribution in [0, 0.1) is 0 Å². The lowest BCUT2D eigenvalue weighted by molar-refractivity contribution is -0.166. The Labute approximate surface area is 439 Å². The van der Waals surface area contributed by atoms with E-state index in [1.165, 1.54) is 0 Å². The quantitative estimate of drug-likeness (QED) is 0.0180. The minimum Gasteiger partial charge on any atom is -0.490 e. The van der Waals surface area contributed by atoms with Crippen LogP contribution >= 0.6 is 11.8 Å². The number of aldehydes is 2. The summed E-state index contributed by atoms with van der Waals surface area (Å²) in [7, 11) is 0. The van der Waals surface area contributed by atoms with Crippen molar-refractivity contribution in [1.82, 2.24) is 26.6 Å². The van der Waals surface area contributed by atoms with Gasteiger partial charge in [0.15, 0.2) is 12.6 Å². The Hall–Kier alpha value is -4.70. The monoisotopic (exact) mass is 1110 g/mol. The maximum atomic E-state index is 14.0. The summed E-state index contributed by atoms with van der Waals surface area (Å²) < 4.78 is 69.7. The number of hydrogen-bond acceptors (Lipinski definition) is 22. The van der Waals surface area contributed by atoms with Crippen LogP contribution in [0.5, 0.6) is 5.75 Å². The molecule has 2 saturated heterocycles. The van der Waals surface area contributed by atoms with Crippen LogP contribution in [-0.4, -0.2) is 234 Å². The van der Waals surface area contributed by atoms with E-state index < -0.39 is 116 Å². The highest BCUT2D eigenvalue weighted by Crippen LogP contribution is 2.53. The Kier molecular flexibility index (Phi) is 27.1. The van der Waals surface area contributed by atoms with Gasteiger partial charge in [-0.1, -0.05) is 18.9 Å². The number of benzene rings is 1. The minimum absolute atomic E-state index is 0.0142. The van der Waals surface area contributed by atoms with Gasteiger partial charge in [-0.05, 0) is 37.8 Å². The fourth-order valence-corrected chi connectivity index (χ4v) is 9.57. The Bertz CT molecular complexity index is 1990. The first kappa shape index (κ1) is 63.8. The number of urea groups is 1. The van der Waals surface area contributed by atoms with Gasteiger partial charge in [-0.15, -0.1) is 10.2 Å². The van der Waals surface area contributed by atoms with Crippen molar-refractivity contribution in [3.63, 3.8) is 0 Å². The number of carbonyl (C=O) groups excluding carboxylic acids is 6. The molecule has 1 aromatic carbocycles. The van der Waals surface area contributed by atoms with E-state index in [4.69, 9.17) is 23.7 Å². The predicted octanol–water partition coefficient (Wildman–Crippen LogP) is -2.79. The van der Waals surface area contributed by atoms with Gasteiger partial charge in [0.05, 0.1) is 76.5 Å². The average molecular weight is 1110 g/mol. The average Bonchev–Trinajstić information content (AvgIpc) is 4.06. The molecule has 2 fully saturated rings. The Morgan fingerprint density at radius 3 is 1.91 bits per heavy atom. The molecule has 26 nitrogen and oxygen atoms in total. The number of carbonyl (C=O) groups is 6. The molecule has 13 N–H and O–H groups in total. The highest BCUT2D eigenvalue weighted by molar-refractivity contribution is 8.00. The number of amides is 5. The SMILES string of the molecule is O=C[C@@H](O)[C@@H](O)[C@H](OCC(CO[C@@H]([C@H](O)[C@H](O)C=O)[C@H](O)CO)NC(=O)c1ccc(C2(C(F)(F)F)N=N2)cc1OCCOCCOCCNC(=O)CCCCCNC(=O)CCCC[C@@H]1SC[C@@H]2NC(=O)N[C@@H]21)[C@H](O)CO. The number of rotatable bonds is 40. The zero-order valence-corrected chi connectivity index (χ0v) is 42.3. The lowest BCUT2D eigenvalue weighted by Gasteiger charge is -2.32. The third kappa shape index (κ3) is 19.6. The molecule has 430 valence electrons. The molecule has 0 radical (unpaired) electrons. The third-order valence-corrected chi connectivity index (χ3v) is 13.8. The maximum Gasteiger partial charge on any atom is 0.442 e. The molecule has 0 spiro atoms. The van der Waals surface area contributed by atoms with Gasteiger partial charge in [-0.25, -0.2) is 4.79 Å². The van der Waals surface area contributed by atoms with Gasteiger partial charge >= 0.3 is 17.9 Å². The number of thioether (sulfide) groups is 1. The molecule has 4 rings (SSSR count). The molecule has 30 heteroatoms. The first-order valence-corrected chi connectivity index (χ1v) is 25.8. The van der Waals surface area contributed by atoms with E-state index in [-0.39, 0.29) is 82.1 Å². The van der Waals surface area contributed by atoms with Crippen LogP contribution in [0.2, 0.25) is 0 Å². The standard InChI is InChI=1S/C46H70F3N7O19S/c47-46(48,49)45(55-56-45)26-9-10-28(43(69)52-27(23-74-41(32(63)21-59)39(67)30(61)19-57)24-75-42(33(64)22-60)40(68)31(62)20-58)34(18-26)73-17-16-72-15-14-71-13-12-51-37(66)7-2-1-5-11-50-36(65)8-4-3-6-35-38-29(25-76-35)53-44(70)54-38/h9-10,18-20,27,29-33,35,38-42,59-64,67-68H,1-8,11-17,21-25H2,(H,50,65)(H,51,66)(H,52,69)(H2,53,54,70)/t29-,30+,31+,32+,33+,35-,38-,39+,40+,41+,42+/m0/s1. The normalized spacial score (nSPS) is 21.1. The number of unbranched alkanes of at least 4 members (excludes halogenated alkanes) is 3. The Morgan fingerprint density at radius 2 is 1.34 bits per heavy atom. The lowest BCUT2D eigenvalue weighted by Crippen LogP contribution is -2.52. The summed E-state index contributed by atoms with van der Waals surface area (Å²) in [6.07, 6.45) is -16.0. The third-order valence-electron chi connectivity index (χ3n) is 12.3. The van der Waals surface area contributed by atoms with Crippen molar-refractivity contribution >= 4 is 48.1 Å². The van der Waals surface area contributed by atoms with Crippen molar-refractivity contribution in [1.29, 1.82) is 0 Å².